The van der Waals surface area contributed by atoms with Crippen LogP contribution in [-0.2, 0) is 0 Å². The molecule has 3 heteroatoms. The first-order chi connectivity index (χ1) is 8.40. The van der Waals surface area contributed by atoms with Crippen LogP contribution in [-0.4, -0.2) is 6.21 Å². The van der Waals surface area contributed by atoms with E-state index in [-0.39, 0.29) is 0 Å². The average Bonchev–Trinajstić information content (AvgIpc) is 2.42. The van der Waals surface area contributed by atoms with Crippen LogP contribution >= 0.6 is 0 Å². The molecule has 17 heavy (non-hydrogen) atoms. The number of nitriles is 1. The number of hydrogen-bond acceptors (Lipinski definition) is 3. The Bertz CT molecular complexity index is 526. The lowest BCUT2D eigenvalue weighted by Crippen LogP contribution is -2.07. The Morgan fingerprint density at radius 2 is 1.53 bits per heavy atom. The molecule has 0 unspecified atom stereocenters. The van der Waals surface area contributed by atoms with Gasteiger partial charge in [-0.1, -0.05) is 48.5 Å². The van der Waals surface area contributed by atoms with E-state index < -0.39 is 0 Å². The minimum absolute atomic E-state index is 0.752. The summed E-state index contributed by atoms with van der Waals surface area (Å²) in [6, 6.07) is 19.0. The molecular formula is C14H11N3. The van der Waals surface area contributed by atoms with Crippen molar-refractivity contribution >= 4 is 11.9 Å². The van der Waals surface area contributed by atoms with Gasteiger partial charge in [0.1, 0.15) is 0 Å². The van der Waals surface area contributed by atoms with Gasteiger partial charge in [0.05, 0.1) is 11.9 Å². The smallest absolute Gasteiger partial charge is 0.170 e. The van der Waals surface area contributed by atoms with Crippen molar-refractivity contribution in [3.63, 3.8) is 0 Å². The highest BCUT2D eigenvalue weighted by atomic mass is 15.4. The number of anilines is 1. The summed E-state index contributed by atoms with van der Waals surface area (Å²) in [7, 11) is 0. The largest absolute Gasteiger partial charge is 0.206 e. The maximum atomic E-state index is 9.02. The molecule has 0 amide bonds. The van der Waals surface area contributed by atoms with Crippen LogP contribution in [0.1, 0.15) is 5.56 Å². The molecular weight excluding hydrogens is 210 g/mol. The molecule has 0 heterocycles. The average molecular weight is 221 g/mol. The van der Waals surface area contributed by atoms with Crippen molar-refractivity contribution in [1.29, 1.82) is 5.26 Å². The highest BCUT2D eigenvalue weighted by molar-refractivity contribution is 5.80. The number of para-hydroxylation sites is 1. The molecule has 0 aliphatic heterocycles. The zero-order valence-electron chi connectivity index (χ0n) is 9.19. The van der Waals surface area contributed by atoms with Crippen LogP contribution in [0.25, 0.3) is 0 Å². The minimum atomic E-state index is 0.752. The summed E-state index contributed by atoms with van der Waals surface area (Å²) in [6.07, 6.45) is 3.69. The Labute approximate surface area is 100 Å². The summed E-state index contributed by atoms with van der Waals surface area (Å²) in [5.74, 6) is 0. The van der Waals surface area contributed by atoms with E-state index in [0.29, 0.717) is 0 Å². The molecule has 0 atom stereocenters. The molecule has 0 aromatic heterocycles. The van der Waals surface area contributed by atoms with Crippen LogP contribution in [0.4, 0.5) is 5.69 Å². The molecule has 2 rings (SSSR count). The second-order valence-electron chi connectivity index (χ2n) is 3.40. The Kier molecular flexibility index (Phi) is 3.51. The highest BCUT2D eigenvalue weighted by Crippen LogP contribution is 2.12. The van der Waals surface area contributed by atoms with Gasteiger partial charge in [-0.3, -0.25) is 0 Å². The van der Waals surface area contributed by atoms with Gasteiger partial charge >= 0.3 is 0 Å². The molecule has 0 aliphatic rings. The first kappa shape index (κ1) is 10.9. The van der Waals surface area contributed by atoms with Gasteiger partial charge in [-0.2, -0.15) is 15.4 Å². The molecule has 0 spiro atoms. The molecule has 2 aromatic rings. The molecule has 0 fully saturated rings. The third-order valence-corrected chi connectivity index (χ3v) is 2.22. The molecule has 82 valence electrons. The maximum absolute atomic E-state index is 9.02. The molecule has 3 nitrogen and oxygen atoms in total. The van der Waals surface area contributed by atoms with Crippen molar-refractivity contribution in [3.05, 3.63) is 66.2 Å². The van der Waals surface area contributed by atoms with Gasteiger partial charge in [0.15, 0.2) is 0 Å². The lowest BCUT2D eigenvalue weighted by molar-refractivity contribution is 1.09. The molecule has 0 saturated heterocycles. The lowest BCUT2D eigenvalue weighted by Gasteiger charge is -2.07. The fraction of sp³-hybridized carbons (Fsp3) is 0. The van der Waals surface area contributed by atoms with Crippen molar-refractivity contribution in [1.82, 2.24) is 0 Å². The number of hydrogen-bond donors (Lipinski definition) is 0. The summed E-state index contributed by atoms with van der Waals surface area (Å²) in [5, 5.41) is 14.4. The number of rotatable bonds is 3. The molecule has 0 radical (unpaired) electrons. The molecule has 0 N–H and O–H groups in total. The van der Waals surface area contributed by atoms with Gasteiger partial charge in [-0.15, -0.1) is 0 Å². The zero-order chi connectivity index (χ0) is 11.9. The Morgan fingerprint density at radius 1 is 0.941 bits per heavy atom. The van der Waals surface area contributed by atoms with Gasteiger partial charge < -0.3 is 0 Å². The van der Waals surface area contributed by atoms with E-state index >= 15 is 0 Å². The van der Waals surface area contributed by atoms with Crippen LogP contribution in [0.15, 0.2) is 65.8 Å². The molecule has 2 aromatic carbocycles. The van der Waals surface area contributed by atoms with E-state index in [1.54, 1.807) is 6.21 Å². The van der Waals surface area contributed by atoms with Crippen LogP contribution in [0.3, 0.4) is 0 Å². The van der Waals surface area contributed by atoms with Gasteiger partial charge in [0.2, 0.25) is 6.19 Å². The predicted molar refractivity (Wildman–Crippen MR) is 68.6 cm³/mol. The van der Waals surface area contributed by atoms with Crippen molar-refractivity contribution in [2.45, 2.75) is 0 Å². The summed E-state index contributed by atoms with van der Waals surface area (Å²) in [5.41, 5.74) is 1.71. The van der Waals surface area contributed by atoms with Crippen LogP contribution in [0, 0.1) is 11.5 Å². The SMILES string of the molecule is N#CN(/N=C/c1ccccc1)c1ccccc1. The topological polar surface area (TPSA) is 39.4 Å². The maximum Gasteiger partial charge on any atom is 0.206 e. The Morgan fingerprint density at radius 3 is 2.12 bits per heavy atom. The van der Waals surface area contributed by atoms with Crippen molar-refractivity contribution < 1.29 is 0 Å². The lowest BCUT2D eigenvalue weighted by atomic mass is 10.2. The predicted octanol–water partition coefficient (Wildman–Crippen LogP) is 3.01. The molecule has 0 bridgehead atoms. The van der Waals surface area contributed by atoms with Crippen molar-refractivity contribution in [3.8, 4) is 6.19 Å². The Balaban J connectivity index is 2.17. The van der Waals surface area contributed by atoms with Crippen molar-refractivity contribution in [2.75, 3.05) is 5.01 Å². The van der Waals surface area contributed by atoms with E-state index in [9.17, 15) is 0 Å². The number of benzene rings is 2. The van der Waals surface area contributed by atoms with Gasteiger partial charge in [-0.05, 0) is 17.7 Å². The summed E-state index contributed by atoms with van der Waals surface area (Å²) in [4.78, 5) is 0. The second kappa shape index (κ2) is 5.47. The minimum Gasteiger partial charge on any atom is -0.170 e. The third-order valence-electron chi connectivity index (χ3n) is 2.22. The summed E-state index contributed by atoms with van der Waals surface area (Å²) >= 11 is 0. The first-order valence-corrected chi connectivity index (χ1v) is 5.24. The van der Waals surface area contributed by atoms with Gasteiger partial charge in [-0.25, -0.2) is 0 Å². The van der Waals surface area contributed by atoms with E-state index in [4.69, 9.17) is 5.26 Å². The molecule has 0 aliphatic carbocycles. The van der Waals surface area contributed by atoms with Crippen LogP contribution in [0.5, 0.6) is 0 Å². The zero-order valence-corrected chi connectivity index (χ0v) is 9.19. The van der Waals surface area contributed by atoms with E-state index in [1.165, 1.54) is 5.01 Å². The first-order valence-electron chi connectivity index (χ1n) is 5.24. The fourth-order valence-corrected chi connectivity index (χ4v) is 1.38. The summed E-state index contributed by atoms with van der Waals surface area (Å²) in [6.45, 7) is 0. The quantitative estimate of drug-likeness (QED) is 0.346. The van der Waals surface area contributed by atoms with Gasteiger partial charge in [0, 0.05) is 0 Å². The van der Waals surface area contributed by atoms with Gasteiger partial charge in [0.25, 0.3) is 0 Å². The highest BCUT2D eigenvalue weighted by Gasteiger charge is 2.00. The second-order valence-corrected chi connectivity index (χ2v) is 3.40. The van der Waals surface area contributed by atoms with Crippen LogP contribution in [0.2, 0.25) is 0 Å². The van der Waals surface area contributed by atoms with Crippen LogP contribution < -0.4 is 5.01 Å². The Hall–Kier alpha value is -2.60. The van der Waals surface area contributed by atoms with E-state index in [1.807, 2.05) is 66.9 Å². The van der Waals surface area contributed by atoms with Crippen molar-refractivity contribution in [2.24, 2.45) is 5.10 Å². The standard InChI is InChI=1S/C14H11N3/c15-12-17(14-9-5-2-6-10-14)16-11-13-7-3-1-4-8-13/h1-11H/b16-11+. The normalized spacial score (nSPS) is 10.1. The van der Waals surface area contributed by atoms with E-state index in [0.717, 1.165) is 11.3 Å². The monoisotopic (exact) mass is 221 g/mol. The number of nitrogens with zero attached hydrogens (tertiary/aromatic N) is 3. The summed E-state index contributed by atoms with van der Waals surface area (Å²) < 4.78 is 0. The number of hydrazone groups is 1. The van der Waals surface area contributed by atoms with E-state index in [2.05, 4.69) is 5.10 Å². The molecule has 0 saturated carbocycles. The fourth-order valence-electron chi connectivity index (χ4n) is 1.38. The third kappa shape index (κ3) is 2.93.